The summed E-state index contributed by atoms with van der Waals surface area (Å²) in [6, 6.07) is -5.97. The first-order chi connectivity index (χ1) is 37.4. The molecule has 0 heterocycles. The van der Waals surface area contributed by atoms with E-state index in [2.05, 4.69) is 47.9 Å². The van der Waals surface area contributed by atoms with Gasteiger partial charge in [-0.15, -0.1) is 0 Å². The summed E-state index contributed by atoms with van der Waals surface area (Å²) in [5.74, 6) is -14.2. The molecule has 0 spiro atoms. The Bertz CT molecular complexity index is 2270. The molecule has 1 rings (SSSR count). The normalized spacial score (nSPS) is 16.1. The van der Waals surface area contributed by atoms with Gasteiger partial charge in [-0.2, -0.15) is 0 Å². The first-order valence-electron chi connectivity index (χ1n) is 27.0. The van der Waals surface area contributed by atoms with Crippen LogP contribution >= 0.6 is 0 Å². The molecule has 0 aliphatic carbocycles. The van der Waals surface area contributed by atoms with Gasteiger partial charge in [0.25, 0.3) is 0 Å². The predicted octanol–water partition coefficient (Wildman–Crippen LogP) is -2.32. The van der Waals surface area contributed by atoms with Gasteiger partial charge in [-0.1, -0.05) is 98.6 Å². The number of hydrogen-bond donors (Lipinski definition) is 15. The average molecular weight is 1130 g/mol. The third-order valence-corrected chi connectivity index (χ3v) is 13.3. The summed E-state index contributed by atoms with van der Waals surface area (Å²) in [6.07, 6.45) is -1.71. The van der Waals surface area contributed by atoms with E-state index in [0.29, 0.717) is 31.2 Å². The zero-order chi connectivity index (χ0) is 61.1. The van der Waals surface area contributed by atoms with Crippen molar-refractivity contribution in [1.29, 1.82) is 0 Å². The fourth-order valence-corrected chi connectivity index (χ4v) is 7.96. The fourth-order valence-electron chi connectivity index (χ4n) is 7.96. The number of carbonyl (C=O) groups excluding carboxylic acids is 10. The van der Waals surface area contributed by atoms with E-state index < -0.39 is 168 Å². The number of nitrogens with one attached hydrogen (secondary N) is 9. The molecule has 0 saturated carbocycles. The molecule has 0 saturated heterocycles. The highest BCUT2D eigenvalue weighted by atomic mass is 16.4. The van der Waals surface area contributed by atoms with Crippen LogP contribution in [0.2, 0.25) is 0 Å². The topological polar surface area (TPSA) is 452 Å². The van der Waals surface area contributed by atoms with E-state index in [1.165, 1.54) is 13.8 Å². The molecule has 0 aromatic heterocycles. The smallest absolute Gasteiger partial charge is 0.326 e. The second-order valence-electron chi connectivity index (χ2n) is 21.0. The molecule has 1 aromatic rings. The summed E-state index contributed by atoms with van der Waals surface area (Å²) in [7, 11) is 0. The lowest BCUT2D eigenvalue weighted by molar-refractivity contribution is -0.142. The number of amides is 10. The molecule has 450 valence electrons. The molecule has 13 atom stereocenters. The Labute approximate surface area is 467 Å². The van der Waals surface area contributed by atoms with Crippen LogP contribution in [-0.4, -0.2) is 159 Å². The Morgan fingerprint density at radius 3 is 1.41 bits per heavy atom. The van der Waals surface area contributed by atoms with Crippen LogP contribution in [0.3, 0.4) is 0 Å². The maximum absolute atomic E-state index is 14.3. The molecule has 10 amide bonds. The Morgan fingerprint density at radius 2 is 0.950 bits per heavy atom. The third-order valence-electron chi connectivity index (χ3n) is 13.3. The molecule has 0 fully saturated rings. The van der Waals surface area contributed by atoms with Crippen LogP contribution in [0, 0.1) is 23.7 Å². The van der Waals surface area contributed by atoms with Crippen molar-refractivity contribution in [1.82, 2.24) is 47.9 Å². The fraction of sp³-hybridized carbons (Fsp3) is 0.660. The summed E-state index contributed by atoms with van der Waals surface area (Å²) in [6.45, 7) is 16.2. The third kappa shape index (κ3) is 24.8. The number of carbonyl (C=O) groups is 12. The van der Waals surface area contributed by atoms with Crippen LogP contribution in [0.25, 0.3) is 0 Å². The number of unbranched alkanes of at least 4 members (excludes halogenated alkanes) is 1. The number of hydrogen-bond acceptors (Lipinski definition) is 15. The number of benzene rings is 1. The monoisotopic (exact) mass is 1130 g/mol. The van der Waals surface area contributed by atoms with E-state index in [1.807, 2.05) is 0 Å². The average Bonchev–Trinajstić information content (AvgIpc) is 3.38. The van der Waals surface area contributed by atoms with Gasteiger partial charge >= 0.3 is 11.9 Å². The van der Waals surface area contributed by atoms with Gasteiger partial charge in [0.05, 0.1) is 18.9 Å². The summed E-state index contributed by atoms with van der Waals surface area (Å²) in [5.41, 5.74) is 17.4. The molecule has 0 aliphatic rings. The zero-order valence-corrected chi connectivity index (χ0v) is 47.6. The number of aliphatic hydroxyl groups is 1. The van der Waals surface area contributed by atoms with Gasteiger partial charge in [0.2, 0.25) is 59.1 Å². The van der Waals surface area contributed by atoms with Gasteiger partial charge in [0.15, 0.2) is 0 Å². The number of rotatable bonds is 37. The highest BCUT2D eigenvalue weighted by Crippen LogP contribution is 2.16. The van der Waals surface area contributed by atoms with Gasteiger partial charge in [0.1, 0.15) is 60.4 Å². The molecule has 0 aliphatic heterocycles. The summed E-state index contributed by atoms with van der Waals surface area (Å²) in [4.78, 5) is 160. The molecule has 1 aromatic carbocycles. The quantitative estimate of drug-likeness (QED) is 0.0311. The molecule has 27 nitrogen and oxygen atoms in total. The minimum Gasteiger partial charge on any atom is -0.481 e. The molecular weight excluding hydrogens is 1040 g/mol. The van der Waals surface area contributed by atoms with E-state index in [1.54, 1.807) is 85.7 Å². The zero-order valence-electron chi connectivity index (χ0n) is 47.6. The number of nitrogens with two attached hydrogens (primary N) is 3. The van der Waals surface area contributed by atoms with Crippen LogP contribution < -0.4 is 65.1 Å². The SMILES string of the molecule is CC[C@H](C)[C@H](NC(=O)[C@H](CCCCN)NC(=O)[C@@H](NC(=O)[C@@H](NC(=O)[C@H](CC(C)C)NC(=O)[C@H](CC(=O)O)NC(=O)[C@H](C)NC(=O)[C@@H](N)[C@@H](C)O)[C@@H](C)CC)C(C)C)C(=O)N[C@@H](CC(N)=O)C(=O)N[C@@H](Cc1ccccc1)C(=O)O. The Hall–Kier alpha value is -7.26. The maximum atomic E-state index is 14.3. The van der Waals surface area contributed by atoms with Crippen molar-refractivity contribution in [2.24, 2.45) is 40.9 Å². The Balaban J connectivity index is 3.46. The lowest BCUT2D eigenvalue weighted by Crippen LogP contribution is -2.62. The highest BCUT2D eigenvalue weighted by molar-refractivity contribution is 5.99. The van der Waals surface area contributed by atoms with Crippen molar-refractivity contribution < 1.29 is 72.9 Å². The van der Waals surface area contributed by atoms with Crippen LogP contribution in [-0.2, 0) is 64.0 Å². The first-order valence-corrected chi connectivity index (χ1v) is 27.0. The van der Waals surface area contributed by atoms with Crippen molar-refractivity contribution in [3.8, 4) is 0 Å². The largest absolute Gasteiger partial charge is 0.481 e. The van der Waals surface area contributed by atoms with Crippen molar-refractivity contribution in [2.75, 3.05) is 6.54 Å². The van der Waals surface area contributed by atoms with Crippen molar-refractivity contribution in [3.63, 3.8) is 0 Å². The highest BCUT2D eigenvalue weighted by Gasteiger charge is 2.38. The van der Waals surface area contributed by atoms with Crippen LogP contribution in [0.5, 0.6) is 0 Å². The van der Waals surface area contributed by atoms with Gasteiger partial charge in [-0.3, -0.25) is 52.7 Å². The maximum Gasteiger partial charge on any atom is 0.326 e. The van der Waals surface area contributed by atoms with E-state index in [0.717, 1.165) is 0 Å². The number of primary amides is 1. The number of carboxylic acids is 2. The molecule has 0 radical (unpaired) electrons. The van der Waals surface area contributed by atoms with Crippen LogP contribution in [0.4, 0.5) is 0 Å². The van der Waals surface area contributed by atoms with Crippen molar-refractivity contribution in [3.05, 3.63) is 35.9 Å². The molecule has 0 unspecified atom stereocenters. The second kappa shape index (κ2) is 35.4. The Kier molecular flexibility index (Phi) is 31.3. The van der Waals surface area contributed by atoms with Crippen LogP contribution in [0.1, 0.15) is 126 Å². The van der Waals surface area contributed by atoms with Crippen molar-refractivity contribution in [2.45, 2.75) is 194 Å². The summed E-state index contributed by atoms with van der Waals surface area (Å²) in [5, 5.41) is 51.7. The summed E-state index contributed by atoms with van der Waals surface area (Å²) < 4.78 is 0. The number of carboxylic acid groups (broad SMARTS) is 2. The van der Waals surface area contributed by atoms with E-state index >= 15 is 0 Å². The van der Waals surface area contributed by atoms with E-state index in [9.17, 15) is 72.9 Å². The molecule has 27 heteroatoms. The second-order valence-corrected chi connectivity index (χ2v) is 21.0. The van der Waals surface area contributed by atoms with Gasteiger partial charge in [-0.25, -0.2) is 4.79 Å². The lowest BCUT2D eigenvalue weighted by atomic mass is 9.95. The minimum absolute atomic E-state index is 0.00680. The standard InChI is InChI=1S/C53H88N12O15/c1-11-28(7)42(51(77)61-35(24-38(55)67)46(72)62-37(53(79)80)23-32-18-14-13-15-19-32)64-45(71)33(20-16-17-21-54)58-50(76)41(27(5)6)63-52(78)43(29(8)12-2)65-48(74)34(22-26(3)4)60-47(73)36(25-39(68)69)59-44(70)30(9)57-49(75)40(56)31(10)66/h13-15,18-19,26-31,33-37,40-43,66H,11-12,16-17,20-25,54,56H2,1-10H3,(H2,55,67)(H,57,75)(H,58,76)(H,59,70)(H,60,73)(H,61,77)(H,62,72)(H,63,78)(H,64,71)(H,65,74)(H,68,69)(H,79,80)/t28-,29-,30-,31+,33-,34-,35-,36-,37-,40-,41-,42-,43-/m0/s1. The van der Waals surface area contributed by atoms with Crippen LogP contribution in [0.15, 0.2) is 30.3 Å². The predicted molar refractivity (Wildman–Crippen MR) is 293 cm³/mol. The van der Waals surface area contributed by atoms with E-state index in [-0.39, 0.29) is 31.7 Å². The van der Waals surface area contributed by atoms with Gasteiger partial charge in [0, 0.05) is 6.42 Å². The van der Waals surface area contributed by atoms with Gasteiger partial charge < -0.3 is 80.4 Å². The lowest BCUT2D eigenvalue weighted by Gasteiger charge is -2.31. The minimum atomic E-state index is -1.75. The van der Waals surface area contributed by atoms with Crippen molar-refractivity contribution >= 4 is 71.0 Å². The van der Waals surface area contributed by atoms with Gasteiger partial charge in [-0.05, 0) is 75.3 Å². The molecule has 0 bridgehead atoms. The molecule has 18 N–H and O–H groups in total. The first kappa shape index (κ1) is 70.8. The number of aliphatic carboxylic acids is 2. The van der Waals surface area contributed by atoms with E-state index in [4.69, 9.17) is 17.2 Å². The number of aliphatic hydroxyl groups excluding tert-OH is 1. The molecular formula is C53H88N12O15. The molecule has 80 heavy (non-hydrogen) atoms. The summed E-state index contributed by atoms with van der Waals surface area (Å²) >= 11 is 0. The Morgan fingerprint density at radius 1 is 0.512 bits per heavy atom.